The first-order valence-electron chi connectivity index (χ1n) is 20.7. The summed E-state index contributed by atoms with van der Waals surface area (Å²) in [6.07, 6.45) is 7.71. The molecule has 0 radical (unpaired) electrons. The van der Waals surface area contributed by atoms with Gasteiger partial charge in [-0.15, -0.1) is 0 Å². The molecular weight excluding hydrogens is 729 g/mol. The number of benzene rings is 9. The molecular formula is C57H38N2O. The summed E-state index contributed by atoms with van der Waals surface area (Å²) >= 11 is 0. The van der Waals surface area contributed by atoms with Crippen LogP contribution in [0.15, 0.2) is 187 Å². The normalized spacial score (nSPS) is 13.8. The topological polar surface area (TPSA) is 38.9 Å². The van der Waals surface area contributed by atoms with Crippen molar-refractivity contribution in [1.82, 2.24) is 9.97 Å². The van der Waals surface area contributed by atoms with Crippen molar-refractivity contribution in [2.45, 2.75) is 19.3 Å². The van der Waals surface area contributed by atoms with Gasteiger partial charge in [-0.05, 0) is 91.7 Å². The number of aryl methyl sites for hydroxylation is 1. The van der Waals surface area contributed by atoms with E-state index in [-0.39, 0.29) is 5.92 Å². The molecule has 12 rings (SSSR count). The van der Waals surface area contributed by atoms with E-state index in [1.807, 2.05) is 18.3 Å². The zero-order valence-electron chi connectivity index (χ0n) is 33.1. The minimum absolute atomic E-state index is 0.278. The van der Waals surface area contributed by atoms with E-state index in [1.54, 1.807) is 0 Å². The molecule has 0 N–H and O–H groups in total. The number of para-hydroxylation sites is 2. The van der Waals surface area contributed by atoms with Crippen molar-refractivity contribution in [3.63, 3.8) is 0 Å². The van der Waals surface area contributed by atoms with Gasteiger partial charge in [0.05, 0.1) is 22.9 Å². The first-order valence-corrected chi connectivity index (χ1v) is 20.7. The fourth-order valence-corrected chi connectivity index (χ4v) is 9.52. The summed E-state index contributed by atoms with van der Waals surface area (Å²) < 4.78 is 6.33. The van der Waals surface area contributed by atoms with Crippen LogP contribution >= 0.6 is 0 Å². The van der Waals surface area contributed by atoms with Gasteiger partial charge in [0, 0.05) is 38.6 Å². The molecule has 60 heavy (non-hydrogen) atoms. The van der Waals surface area contributed by atoms with Crippen LogP contribution in [0.2, 0.25) is 0 Å². The van der Waals surface area contributed by atoms with E-state index >= 15 is 0 Å². The van der Waals surface area contributed by atoms with E-state index in [4.69, 9.17) is 14.4 Å². The Labute approximate surface area is 347 Å². The van der Waals surface area contributed by atoms with Gasteiger partial charge in [0.25, 0.3) is 0 Å². The van der Waals surface area contributed by atoms with Crippen LogP contribution in [0.3, 0.4) is 0 Å². The van der Waals surface area contributed by atoms with Gasteiger partial charge < -0.3 is 4.42 Å². The van der Waals surface area contributed by atoms with E-state index in [9.17, 15) is 0 Å². The molecule has 3 heteroatoms. The van der Waals surface area contributed by atoms with Crippen molar-refractivity contribution >= 4 is 66.7 Å². The van der Waals surface area contributed by atoms with Crippen LogP contribution in [0.5, 0.6) is 0 Å². The highest BCUT2D eigenvalue weighted by atomic mass is 16.3. The predicted octanol–water partition coefficient (Wildman–Crippen LogP) is 13.6. The second kappa shape index (κ2) is 13.8. The Hall–Kier alpha value is -7.62. The van der Waals surface area contributed by atoms with Crippen molar-refractivity contribution in [1.29, 1.82) is 0 Å². The van der Waals surface area contributed by atoms with Crippen LogP contribution in [0.1, 0.15) is 23.5 Å². The van der Waals surface area contributed by atoms with Crippen LogP contribution in [0.25, 0.3) is 111 Å². The predicted molar refractivity (Wildman–Crippen MR) is 250 cm³/mol. The number of aromatic nitrogens is 2. The van der Waals surface area contributed by atoms with E-state index in [0.717, 1.165) is 72.5 Å². The quantitative estimate of drug-likeness (QED) is 0.164. The summed E-state index contributed by atoms with van der Waals surface area (Å²) in [5, 5.41) is 9.55. The maximum atomic E-state index is 6.33. The largest absolute Gasteiger partial charge is 0.455 e. The fraction of sp³-hybridized carbons (Fsp3) is 0.0526. The zero-order valence-corrected chi connectivity index (χ0v) is 33.1. The summed E-state index contributed by atoms with van der Waals surface area (Å²) in [5.74, 6) is 0.278. The highest BCUT2D eigenvalue weighted by molar-refractivity contribution is 6.23. The lowest BCUT2D eigenvalue weighted by Gasteiger charge is -2.17. The molecule has 1 aliphatic rings. The average molecular weight is 767 g/mol. The van der Waals surface area contributed by atoms with Crippen molar-refractivity contribution in [2.24, 2.45) is 0 Å². The van der Waals surface area contributed by atoms with Crippen molar-refractivity contribution in [2.75, 3.05) is 0 Å². The molecule has 11 aromatic rings. The summed E-state index contributed by atoms with van der Waals surface area (Å²) in [7, 11) is 0. The molecule has 9 aromatic carbocycles. The molecule has 1 unspecified atom stereocenters. The highest BCUT2D eigenvalue weighted by Gasteiger charge is 2.16. The zero-order chi connectivity index (χ0) is 39.7. The summed E-state index contributed by atoms with van der Waals surface area (Å²) in [6, 6.07) is 63.2. The fourth-order valence-electron chi connectivity index (χ4n) is 9.52. The van der Waals surface area contributed by atoms with E-state index in [2.05, 4.69) is 183 Å². The SMILES string of the molecule is Cc1cc(-c2ccc(-c3cccc4c3oc3ccccc34)cc2)ccc1-c1ccc2c(c1)=CCC(c1cccc(-c3cnc4c5ccccc5c5ccccc5c4n3)c1)C=2. The van der Waals surface area contributed by atoms with Crippen molar-refractivity contribution in [3.05, 3.63) is 204 Å². The van der Waals surface area contributed by atoms with E-state index < -0.39 is 0 Å². The van der Waals surface area contributed by atoms with Crippen LogP contribution in [0.4, 0.5) is 0 Å². The molecule has 1 aliphatic carbocycles. The van der Waals surface area contributed by atoms with Gasteiger partial charge in [0.15, 0.2) is 0 Å². The number of hydrogen-bond acceptors (Lipinski definition) is 3. The second-order valence-electron chi connectivity index (χ2n) is 16.1. The van der Waals surface area contributed by atoms with Gasteiger partial charge >= 0.3 is 0 Å². The molecule has 282 valence electrons. The number of fused-ring (bicyclic) bond motifs is 10. The van der Waals surface area contributed by atoms with Gasteiger partial charge in [0.1, 0.15) is 11.2 Å². The van der Waals surface area contributed by atoms with E-state index in [0.29, 0.717) is 0 Å². The third-order valence-electron chi connectivity index (χ3n) is 12.6. The maximum Gasteiger partial charge on any atom is 0.143 e. The molecule has 0 aliphatic heterocycles. The lowest BCUT2D eigenvalue weighted by molar-refractivity contribution is 0.670. The van der Waals surface area contributed by atoms with Crippen LogP contribution in [0, 0.1) is 6.92 Å². The summed E-state index contributed by atoms with van der Waals surface area (Å²) in [5.41, 5.74) is 15.5. The van der Waals surface area contributed by atoms with Crippen molar-refractivity contribution in [3.8, 4) is 44.6 Å². The maximum absolute atomic E-state index is 6.33. The van der Waals surface area contributed by atoms with Gasteiger partial charge in [-0.2, -0.15) is 0 Å². The van der Waals surface area contributed by atoms with Gasteiger partial charge in [-0.3, -0.25) is 4.98 Å². The van der Waals surface area contributed by atoms with Crippen LogP contribution < -0.4 is 10.4 Å². The third-order valence-corrected chi connectivity index (χ3v) is 12.6. The molecule has 0 fully saturated rings. The first-order chi connectivity index (χ1) is 29.6. The molecule has 1 atom stereocenters. The molecule has 3 nitrogen and oxygen atoms in total. The number of hydrogen-bond donors (Lipinski definition) is 0. The number of rotatable bonds is 5. The average Bonchev–Trinajstić information content (AvgIpc) is 3.70. The molecule has 0 spiro atoms. The summed E-state index contributed by atoms with van der Waals surface area (Å²) in [4.78, 5) is 10.3. The Morgan fingerprint density at radius 2 is 1.17 bits per heavy atom. The monoisotopic (exact) mass is 766 g/mol. The van der Waals surface area contributed by atoms with Gasteiger partial charge in [-0.25, -0.2) is 4.98 Å². The molecule has 0 bridgehead atoms. The highest BCUT2D eigenvalue weighted by Crippen LogP contribution is 2.38. The van der Waals surface area contributed by atoms with Crippen LogP contribution in [-0.2, 0) is 0 Å². The minimum atomic E-state index is 0.278. The molecule has 0 saturated carbocycles. The van der Waals surface area contributed by atoms with Gasteiger partial charge in [0.2, 0.25) is 0 Å². The molecule has 0 saturated heterocycles. The van der Waals surface area contributed by atoms with E-state index in [1.165, 1.54) is 54.6 Å². The lowest BCUT2D eigenvalue weighted by atomic mass is 9.88. The Kier molecular flexibility index (Phi) is 7.89. The first kappa shape index (κ1) is 34.4. The Morgan fingerprint density at radius 1 is 0.483 bits per heavy atom. The van der Waals surface area contributed by atoms with Crippen molar-refractivity contribution < 1.29 is 4.42 Å². The Morgan fingerprint density at radius 3 is 1.98 bits per heavy atom. The Bertz CT molecular complexity index is 3620. The number of nitrogens with zero attached hydrogens (tertiary/aromatic N) is 2. The molecule has 2 aromatic heterocycles. The smallest absolute Gasteiger partial charge is 0.143 e. The van der Waals surface area contributed by atoms with Gasteiger partial charge in [-0.1, -0.05) is 170 Å². The standard InChI is InChI=1S/C57H38N2O/c1-35-30-39(36-20-22-37(23-21-36)46-17-9-18-52-49-14-6-7-19-54(49)60-57(46)52)28-29-45(35)43-27-26-41-31-40(24-25-42(41)32-43)38-10-8-11-44(33-38)53-34-58-55-50-15-4-2-12-47(50)48-13-3-5-16-51(48)56(55)59-53/h2-23,25-34,40H,24H2,1H3. The Balaban J connectivity index is 0.812. The third kappa shape index (κ3) is 5.66. The lowest BCUT2D eigenvalue weighted by Crippen LogP contribution is -2.28. The number of furan rings is 1. The minimum Gasteiger partial charge on any atom is -0.455 e. The molecule has 2 heterocycles. The summed E-state index contributed by atoms with van der Waals surface area (Å²) in [6.45, 7) is 2.22. The molecule has 0 amide bonds. The second-order valence-corrected chi connectivity index (χ2v) is 16.1. The van der Waals surface area contributed by atoms with Crippen LogP contribution in [-0.4, -0.2) is 9.97 Å².